The van der Waals surface area contributed by atoms with Crippen LogP contribution in [0, 0.1) is 5.82 Å². The van der Waals surface area contributed by atoms with E-state index in [1.54, 1.807) is 0 Å². The zero-order chi connectivity index (χ0) is 21.5. The fourth-order valence-corrected chi connectivity index (χ4v) is 4.20. The smallest absolute Gasteiger partial charge is 0.123 e. The van der Waals surface area contributed by atoms with Gasteiger partial charge in [0.15, 0.2) is 0 Å². The van der Waals surface area contributed by atoms with E-state index in [1.807, 2.05) is 24.3 Å². The minimum Gasteiger partial charge on any atom is -0.388 e. The molecular weight excluding hydrogens is 385 g/mol. The van der Waals surface area contributed by atoms with Crippen LogP contribution in [-0.4, -0.2) is 29.6 Å². The van der Waals surface area contributed by atoms with Gasteiger partial charge in [-0.05, 0) is 72.2 Å². The summed E-state index contributed by atoms with van der Waals surface area (Å²) in [5.41, 5.74) is 5.99. The van der Waals surface area contributed by atoms with Crippen LogP contribution >= 0.6 is 0 Å². The summed E-state index contributed by atoms with van der Waals surface area (Å²) in [5, 5.41) is 10.6. The quantitative estimate of drug-likeness (QED) is 0.486. The maximum Gasteiger partial charge on any atom is 0.123 e. The summed E-state index contributed by atoms with van der Waals surface area (Å²) in [5.74, 6) is -0.209. The summed E-state index contributed by atoms with van der Waals surface area (Å²) in [6.45, 7) is 3.07. The molecule has 1 aliphatic heterocycles. The number of nitrogens with zero attached hydrogens (tertiary/aromatic N) is 1. The third kappa shape index (κ3) is 6.13. The van der Waals surface area contributed by atoms with Crippen LogP contribution in [-0.2, 0) is 6.42 Å². The Morgan fingerprint density at radius 1 is 0.871 bits per heavy atom. The van der Waals surface area contributed by atoms with Crippen molar-refractivity contribution in [1.82, 2.24) is 4.90 Å². The van der Waals surface area contributed by atoms with Crippen molar-refractivity contribution in [2.75, 3.05) is 19.6 Å². The first-order valence-electron chi connectivity index (χ1n) is 11.2. The Morgan fingerprint density at radius 3 is 2.19 bits per heavy atom. The first kappa shape index (κ1) is 21.5. The molecule has 0 aliphatic carbocycles. The largest absolute Gasteiger partial charge is 0.388 e. The molecule has 0 fully saturated rings. The molecule has 1 unspecified atom stereocenters. The summed E-state index contributed by atoms with van der Waals surface area (Å²) in [6.07, 6.45) is 5.51. The Balaban J connectivity index is 1.21. The van der Waals surface area contributed by atoms with Gasteiger partial charge < -0.3 is 5.11 Å². The zero-order valence-corrected chi connectivity index (χ0v) is 17.9. The van der Waals surface area contributed by atoms with E-state index in [1.165, 1.54) is 23.3 Å². The highest BCUT2D eigenvalue weighted by molar-refractivity contribution is 5.66. The topological polar surface area (TPSA) is 23.5 Å². The van der Waals surface area contributed by atoms with Crippen LogP contribution in [0.2, 0.25) is 0 Å². The van der Waals surface area contributed by atoms with E-state index in [0.717, 1.165) is 62.0 Å². The Kier molecular flexibility index (Phi) is 7.29. The van der Waals surface area contributed by atoms with Gasteiger partial charge in [0.05, 0.1) is 6.10 Å². The van der Waals surface area contributed by atoms with Crippen LogP contribution in [0.5, 0.6) is 0 Å². The van der Waals surface area contributed by atoms with Crippen molar-refractivity contribution >= 4 is 5.57 Å². The zero-order valence-electron chi connectivity index (χ0n) is 17.9. The number of aliphatic hydroxyl groups excluding tert-OH is 1. The van der Waals surface area contributed by atoms with Crippen LogP contribution in [0.25, 0.3) is 5.57 Å². The molecule has 1 atom stereocenters. The normalized spacial score (nSPS) is 15.5. The Bertz CT molecular complexity index is 980. The molecule has 0 aromatic heterocycles. The van der Waals surface area contributed by atoms with Gasteiger partial charge in [-0.15, -0.1) is 0 Å². The Labute approximate surface area is 184 Å². The second kappa shape index (κ2) is 10.5. The molecule has 3 aromatic rings. The van der Waals surface area contributed by atoms with Crippen molar-refractivity contribution in [3.63, 3.8) is 0 Å². The molecule has 31 heavy (non-hydrogen) atoms. The highest BCUT2D eigenvalue weighted by Gasteiger charge is 2.14. The van der Waals surface area contributed by atoms with E-state index in [0.29, 0.717) is 0 Å². The summed E-state index contributed by atoms with van der Waals surface area (Å²) in [7, 11) is 0. The minimum absolute atomic E-state index is 0.209. The molecule has 0 radical (unpaired) electrons. The van der Waals surface area contributed by atoms with E-state index in [9.17, 15) is 9.50 Å². The predicted octanol–water partition coefficient (Wildman–Crippen LogP) is 6.02. The van der Waals surface area contributed by atoms with Gasteiger partial charge in [0.2, 0.25) is 0 Å². The average Bonchev–Trinajstić information content (AvgIpc) is 2.82. The second-order valence-electron chi connectivity index (χ2n) is 8.35. The van der Waals surface area contributed by atoms with Crippen molar-refractivity contribution in [1.29, 1.82) is 0 Å². The second-order valence-corrected chi connectivity index (χ2v) is 8.35. The van der Waals surface area contributed by atoms with E-state index < -0.39 is 6.10 Å². The molecule has 1 aliphatic rings. The number of aliphatic hydroxyl groups is 1. The average molecular weight is 416 g/mol. The van der Waals surface area contributed by atoms with Crippen molar-refractivity contribution in [2.24, 2.45) is 0 Å². The van der Waals surface area contributed by atoms with Crippen LogP contribution < -0.4 is 0 Å². The van der Waals surface area contributed by atoms with E-state index in [2.05, 4.69) is 53.4 Å². The summed E-state index contributed by atoms with van der Waals surface area (Å²) in [4.78, 5) is 2.46. The highest BCUT2D eigenvalue weighted by atomic mass is 19.1. The maximum atomic E-state index is 13.0. The summed E-state index contributed by atoms with van der Waals surface area (Å²) in [6, 6.07) is 25.4. The van der Waals surface area contributed by atoms with Gasteiger partial charge in [-0.25, -0.2) is 4.39 Å². The van der Waals surface area contributed by atoms with Crippen LogP contribution in [0.4, 0.5) is 4.39 Å². The third-order valence-electron chi connectivity index (χ3n) is 6.08. The molecule has 4 rings (SSSR count). The number of hydrogen-bond donors (Lipinski definition) is 1. The van der Waals surface area contributed by atoms with Crippen LogP contribution in [0.3, 0.4) is 0 Å². The number of halogens is 1. The monoisotopic (exact) mass is 415 g/mol. The Morgan fingerprint density at radius 2 is 1.55 bits per heavy atom. The first-order valence-corrected chi connectivity index (χ1v) is 11.2. The number of hydrogen-bond acceptors (Lipinski definition) is 2. The van der Waals surface area contributed by atoms with Crippen LogP contribution in [0.1, 0.15) is 47.6 Å². The molecule has 0 saturated heterocycles. The molecule has 3 heteroatoms. The minimum atomic E-state index is -0.430. The maximum absolute atomic E-state index is 13.0. The van der Waals surface area contributed by atoms with Crippen molar-refractivity contribution in [3.8, 4) is 0 Å². The van der Waals surface area contributed by atoms with Crippen LogP contribution in [0.15, 0.2) is 84.9 Å². The molecule has 1 heterocycles. The molecule has 0 bridgehead atoms. The molecule has 0 spiro atoms. The van der Waals surface area contributed by atoms with Gasteiger partial charge in [-0.1, -0.05) is 72.8 Å². The molecule has 0 saturated carbocycles. The van der Waals surface area contributed by atoms with Gasteiger partial charge in [0.25, 0.3) is 0 Å². The lowest BCUT2D eigenvalue weighted by Crippen LogP contribution is -2.29. The molecule has 160 valence electrons. The fraction of sp³-hybridized carbons (Fsp3) is 0.286. The predicted molar refractivity (Wildman–Crippen MR) is 125 cm³/mol. The summed E-state index contributed by atoms with van der Waals surface area (Å²) >= 11 is 0. The molecule has 1 N–H and O–H groups in total. The molecule has 3 aromatic carbocycles. The molecular formula is C28H30FNO. The van der Waals surface area contributed by atoms with Gasteiger partial charge in [0.1, 0.15) is 5.82 Å². The SMILES string of the molecule is OC(CCCN1CC=C(c2ccccc2)CC1)c1ccc(Cc2ccc(F)cc2)cc1. The number of benzene rings is 3. The van der Waals surface area contributed by atoms with Gasteiger partial charge in [-0.2, -0.15) is 0 Å². The van der Waals surface area contributed by atoms with Crippen molar-refractivity contribution in [2.45, 2.75) is 31.8 Å². The van der Waals surface area contributed by atoms with E-state index >= 15 is 0 Å². The lowest BCUT2D eigenvalue weighted by atomic mass is 9.98. The Hall–Kier alpha value is -2.75. The molecule has 0 amide bonds. The van der Waals surface area contributed by atoms with Gasteiger partial charge in [-0.3, -0.25) is 4.90 Å². The standard InChI is InChI=1S/C28H30FNO/c29-27-14-10-23(11-15-27)21-22-8-12-26(13-9-22)28(31)7-4-18-30-19-16-25(17-20-30)24-5-2-1-3-6-24/h1-3,5-6,8-16,28,31H,4,7,17-21H2. The molecule has 2 nitrogen and oxygen atoms in total. The van der Waals surface area contributed by atoms with E-state index in [-0.39, 0.29) is 5.82 Å². The lowest BCUT2D eigenvalue weighted by Gasteiger charge is -2.26. The lowest BCUT2D eigenvalue weighted by molar-refractivity contribution is 0.156. The van der Waals surface area contributed by atoms with Gasteiger partial charge >= 0.3 is 0 Å². The van der Waals surface area contributed by atoms with Crippen molar-refractivity contribution < 1.29 is 9.50 Å². The summed E-state index contributed by atoms with van der Waals surface area (Å²) < 4.78 is 13.0. The third-order valence-corrected chi connectivity index (χ3v) is 6.08. The number of rotatable bonds is 8. The van der Waals surface area contributed by atoms with E-state index in [4.69, 9.17) is 0 Å². The van der Waals surface area contributed by atoms with Crippen molar-refractivity contribution in [3.05, 3.63) is 113 Å². The fourth-order valence-electron chi connectivity index (χ4n) is 4.20. The highest BCUT2D eigenvalue weighted by Crippen LogP contribution is 2.24. The first-order chi connectivity index (χ1) is 15.2. The van der Waals surface area contributed by atoms with Gasteiger partial charge in [0, 0.05) is 13.1 Å².